The smallest absolute Gasteiger partial charge is 0.407 e. The van der Waals surface area contributed by atoms with Crippen molar-refractivity contribution in [3.05, 3.63) is 0 Å². The minimum Gasteiger partial charge on any atom is -0.444 e. The van der Waals surface area contributed by atoms with E-state index in [2.05, 4.69) is 5.32 Å². The van der Waals surface area contributed by atoms with Gasteiger partial charge in [-0.1, -0.05) is 0 Å². The largest absolute Gasteiger partial charge is 0.444 e. The van der Waals surface area contributed by atoms with Crippen LogP contribution in [0.5, 0.6) is 0 Å². The molecule has 0 rings (SSSR count). The Hall–Kier alpha value is -0.810. The van der Waals surface area contributed by atoms with Gasteiger partial charge in [0.1, 0.15) is 5.60 Å². The molecule has 0 saturated carbocycles. The fourth-order valence-electron chi connectivity index (χ4n) is 1.12. The van der Waals surface area contributed by atoms with Gasteiger partial charge in [0.25, 0.3) is 0 Å². The maximum Gasteiger partial charge on any atom is 0.407 e. The monoisotopic (exact) mass is 232 g/mol. The van der Waals surface area contributed by atoms with Crippen LogP contribution in [0.1, 0.15) is 27.2 Å². The Morgan fingerprint density at radius 1 is 1.38 bits per heavy atom. The summed E-state index contributed by atoms with van der Waals surface area (Å²) in [6.07, 6.45) is 0.367. The third-order valence-corrected chi connectivity index (χ3v) is 1.86. The van der Waals surface area contributed by atoms with Gasteiger partial charge < -0.3 is 20.1 Å². The van der Waals surface area contributed by atoms with Crippen molar-refractivity contribution in [3.63, 3.8) is 0 Å². The van der Waals surface area contributed by atoms with Gasteiger partial charge in [0, 0.05) is 26.2 Å². The highest BCUT2D eigenvalue weighted by molar-refractivity contribution is 5.67. The van der Waals surface area contributed by atoms with Gasteiger partial charge in [0.2, 0.25) is 0 Å². The highest BCUT2D eigenvalue weighted by Gasteiger charge is 2.15. The fraction of sp³-hybridized carbons (Fsp3) is 0.909. The van der Waals surface area contributed by atoms with Gasteiger partial charge in [-0.05, 0) is 34.2 Å². The van der Waals surface area contributed by atoms with Crippen molar-refractivity contribution < 1.29 is 14.6 Å². The van der Waals surface area contributed by atoms with Crippen LogP contribution in [0.15, 0.2) is 0 Å². The summed E-state index contributed by atoms with van der Waals surface area (Å²) in [7, 11) is 1.95. The normalized spacial score (nSPS) is 11.6. The predicted octanol–water partition coefficient (Wildman–Crippen LogP) is 0.825. The molecule has 0 aliphatic rings. The maximum atomic E-state index is 11.3. The first-order valence-electron chi connectivity index (χ1n) is 5.61. The Morgan fingerprint density at radius 2 is 2.00 bits per heavy atom. The molecule has 16 heavy (non-hydrogen) atoms. The first-order chi connectivity index (χ1) is 7.35. The molecule has 5 nitrogen and oxygen atoms in total. The number of rotatable bonds is 6. The van der Waals surface area contributed by atoms with Crippen molar-refractivity contribution >= 4 is 6.09 Å². The minimum atomic E-state index is -0.452. The average molecular weight is 232 g/mol. The second kappa shape index (κ2) is 7.46. The van der Waals surface area contributed by atoms with Crippen LogP contribution in [0.3, 0.4) is 0 Å². The topological polar surface area (TPSA) is 61.8 Å². The Morgan fingerprint density at radius 3 is 2.50 bits per heavy atom. The SMILES string of the molecule is CN(CCCO)CCNC(=O)OC(C)(C)C. The van der Waals surface area contributed by atoms with E-state index in [1.165, 1.54) is 0 Å². The summed E-state index contributed by atoms with van der Waals surface area (Å²) in [5, 5.41) is 11.3. The van der Waals surface area contributed by atoms with Crippen LogP contribution in [0, 0.1) is 0 Å². The lowest BCUT2D eigenvalue weighted by molar-refractivity contribution is 0.0523. The molecule has 0 spiro atoms. The highest BCUT2D eigenvalue weighted by atomic mass is 16.6. The molecule has 0 unspecified atom stereocenters. The summed E-state index contributed by atoms with van der Waals surface area (Å²) in [6.45, 7) is 7.83. The molecule has 0 fully saturated rings. The van der Waals surface area contributed by atoms with Crippen LogP contribution in [0.4, 0.5) is 4.79 Å². The summed E-state index contributed by atoms with van der Waals surface area (Å²) in [5.41, 5.74) is -0.452. The van der Waals surface area contributed by atoms with Crippen LogP contribution in [-0.4, -0.2) is 55.0 Å². The van der Waals surface area contributed by atoms with Crippen LogP contribution < -0.4 is 5.32 Å². The van der Waals surface area contributed by atoms with Crippen molar-refractivity contribution in [2.75, 3.05) is 33.3 Å². The predicted molar refractivity (Wildman–Crippen MR) is 63.4 cm³/mol. The molecule has 0 atom stereocenters. The number of alkyl carbamates (subject to hydrolysis) is 1. The molecule has 96 valence electrons. The van der Waals surface area contributed by atoms with Crippen molar-refractivity contribution in [1.82, 2.24) is 10.2 Å². The molecule has 0 aliphatic heterocycles. The minimum absolute atomic E-state index is 0.198. The molecule has 2 N–H and O–H groups in total. The number of ether oxygens (including phenoxy) is 1. The number of hydrogen-bond donors (Lipinski definition) is 2. The number of likely N-dealkylation sites (N-methyl/N-ethyl adjacent to an activating group) is 1. The molecule has 0 aromatic rings. The molecule has 0 radical (unpaired) electrons. The lowest BCUT2D eigenvalue weighted by Crippen LogP contribution is -2.37. The van der Waals surface area contributed by atoms with Crippen molar-refractivity contribution in [2.45, 2.75) is 32.8 Å². The molecule has 0 bridgehead atoms. The third kappa shape index (κ3) is 9.73. The van der Waals surface area contributed by atoms with E-state index in [1.807, 2.05) is 32.7 Å². The summed E-state index contributed by atoms with van der Waals surface area (Å²) in [5.74, 6) is 0. The number of aliphatic hydroxyl groups excluding tert-OH is 1. The quantitative estimate of drug-likeness (QED) is 0.712. The van der Waals surface area contributed by atoms with Gasteiger partial charge in [-0.3, -0.25) is 0 Å². The van der Waals surface area contributed by atoms with Crippen LogP contribution in [0.2, 0.25) is 0 Å². The zero-order chi connectivity index (χ0) is 12.6. The first kappa shape index (κ1) is 15.2. The van der Waals surface area contributed by atoms with E-state index in [4.69, 9.17) is 9.84 Å². The third-order valence-electron chi connectivity index (χ3n) is 1.86. The van der Waals surface area contributed by atoms with Gasteiger partial charge in [-0.2, -0.15) is 0 Å². The molecule has 0 aromatic carbocycles. The van der Waals surface area contributed by atoms with Gasteiger partial charge in [0.15, 0.2) is 0 Å². The summed E-state index contributed by atoms with van der Waals surface area (Å²) in [6, 6.07) is 0. The van der Waals surface area contributed by atoms with E-state index in [0.29, 0.717) is 6.54 Å². The molecule has 5 heteroatoms. The molecule has 0 heterocycles. The second-order valence-electron chi connectivity index (χ2n) is 4.81. The summed E-state index contributed by atoms with van der Waals surface area (Å²) in [4.78, 5) is 13.3. The average Bonchev–Trinajstić information content (AvgIpc) is 2.11. The first-order valence-corrected chi connectivity index (χ1v) is 5.61. The van der Waals surface area contributed by atoms with Gasteiger partial charge in [-0.25, -0.2) is 4.79 Å². The number of hydrogen-bond acceptors (Lipinski definition) is 4. The van der Waals surface area contributed by atoms with E-state index in [-0.39, 0.29) is 12.7 Å². The Bertz CT molecular complexity index is 202. The van der Waals surface area contributed by atoms with Crippen molar-refractivity contribution in [2.24, 2.45) is 0 Å². The maximum absolute atomic E-state index is 11.3. The zero-order valence-electron chi connectivity index (χ0n) is 10.7. The lowest BCUT2D eigenvalue weighted by atomic mass is 10.2. The van der Waals surface area contributed by atoms with E-state index >= 15 is 0 Å². The van der Waals surface area contributed by atoms with Crippen molar-refractivity contribution in [3.8, 4) is 0 Å². The molecule has 0 aromatic heterocycles. The number of amides is 1. The second-order valence-corrected chi connectivity index (χ2v) is 4.81. The summed E-state index contributed by atoms with van der Waals surface area (Å²) < 4.78 is 5.09. The fourth-order valence-corrected chi connectivity index (χ4v) is 1.12. The van der Waals surface area contributed by atoms with Crippen molar-refractivity contribution in [1.29, 1.82) is 0 Å². The Balaban J connectivity index is 3.54. The van der Waals surface area contributed by atoms with Crippen LogP contribution >= 0.6 is 0 Å². The Labute approximate surface area is 97.8 Å². The van der Waals surface area contributed by atoms with E-state index in [1.54, 1.807) is 0 Å². The number of carbonyl (C=O) groups excluding carboxylic acids is 1. The zero-order valence-corrected chi connectivity index (χ0v) is 10.7. The van der Waals surface area contributed by atoms with Gasteiger partial charge >= 0.3 is 6.09 Å². The number of aliphatic hydroxyl groups is 1. The Kier molecular flexibility index (Phi) is 7.08. The molecule has 0 saturated heterocycles. The van der Waals surface area contributed by atoms with Gasteiger partial charge in [-0.15, -0.1) is 0 Å². The highest BCUT2D eigenvalue weighted by Crippen LogP contribution is 2.06. The van der Waals surface area contributed by atoms with Crippen LogP contribution in [-0.2, 0) is 4.74 Å². The number of nitrogens with zero attached hydrogens (tertiary/aromatic N) is 1. The molecular formula is C11H24N2O3. The van der Waals surface area contributed by atoms with Crippen LogP contribution in [0.25, 0.3) is 0 Å². The lowest BCUT2D eigenvalue weighted by Gasteiger charge is -2.21. The van der Waals surface area contributed by atoms with E-state index in [0.717, 1.165) is 19.5 Å². The number of carbonyl (C=O) groups is 1. The number of nitrogens with one attached hydrogen (secondary N) is 1. The van der Waals surface area contributed by atoms with E-state index in [9.17, 15) is 4.79 Å². The summed E-state index contributed by atoms with van der Waals surface area (Å²) >= 11 is 0. The standard InChI is InChI=1S/C11H24N2O3/c1-11(2,3)16-10(15)12-6-8-13(4)7-5-9-14/h14H,5-9H2,1-4H3,(H,12,15). The van der Waals surface area contributed by atoms with E-state index < -0.39 is 5.60 Å². The molecule has 1 amide bonds. The molecule has 0 aliphatic carbocycles. The van der Waals surface area contributed by atoms with Gasteiger partial charge in [0.05, 0.1) is 0 Å². The molecular weight excluding hydrogens is 208 g/mol.